The van der Waals surface area contributed by atoms with Gasteiger partial charge in [0.1, 0.15) is 0 Å². The third-order valence-electron chi connectivity index (χ3n) is 3.56. The van der Waals surface area contributed by atoms with E-state index in [0.717, 1.165) is 24.5 Å². The molecule has 1 unspecified atom stereocenters. The number of hydrogen-bond donors (Lipinski definition) is 1. The molecule has 0 bridgehead atoms. The largest absolute Gasteiger partial charge is 0.396 e. The lowest BCUT2D eigenvalue weighted by molar-refractivity contribution is 0.115. The van der Waals surface area contributed by atoms with E-state index in [1.165, 1.54) is 6.07 Å². The van der Waals surface area contributed by atoms with Gasteiger partial charge < -0.3 is 10.0 Å². The van der Waals surface area contributed by atoms with Crippen LogP contribution in [0.25, 0.3) is 0 Å². The molecule has 0 spiro atoms. The predicted molar refractivity (Wildman–Crippen MR) is 61.5 cm³/mol. The Hall–Kier alpha value is -1.00. The normalized spacial score (nSPS) is 19.4. The molecule has 94 valence electrons. The van der Waals surface area contributed by atoms with Gasteiger partial charge in [-0.05, 0) is 44.6 Å². The Morgan fingerprint density at radius 1 is 1.29 bits per heavy atom. The van der Waals surface area contributed by atoms with Gasteiger partial charge in [0, 0.05) is 11.5 Å². The number of nitrogens with zero attached hydrogens (tertiary/aromatic N) is 1. The van der Waals surface area contributed by atoms with Crippen molar-refractivity contribution in [3.63, 3.8) is 0 Å². The molecule has 1 atom stereocenters. The molecule has 1 aliphatic rings. The standard InChI is InChI=1S/C13H17F2NO/c1-16(2)12(13(8-17)5-6-13)9-3-4-10(14)11(15)7-9/h3-4,7,12,17H,5-6,8H2,1-2H3. The van der Waals surface area contributed by atoms with E-state index in [2.05, 4.69) is 0 Å². The first-order valence-electron chi connectivity index (χ1n) is 5.72. The van der Waals surface area contributed by atoms with Crippen LogP contribution in [-0.2, 0) is 0 Å². The molecule has 1 aromatic rings. The van der Waals surface area contributed by atoms with Gasteiger partial charge in [-0.1, -0.05) is 6.07 Å². The van der Waals surface area contributed by atoms with Crippen LogP contribution in [0.5, 0.6) is 0 Å². The molecule has 1 N–H and O–H groups in total. The van der Waals surface area contributed by atoms with Gasteiger partial charge in [0.05, 0.1) is 6.61 Å². The fraction of sp³-hybridized carbons (Fsp3) is 0.538. The molecular formula is C13H17F2NO. The lowest BCUT2D eigenvalue weighted by Gasteiger charge is -2.32. The van der Waals surface area contributed by atoms with Crippen molar-refractivity contribution in [1.29, 1.82) is 0 Å². The Morgan fingerprint density at radius 3 is 2.35 bits per heavy atom. The van der Waals surface area contributed by atoms with Crippen molar-refractivity contribution in [1.82, 2.24) is 4.90 Å². The summed E-state index contributed by atoms with van der Waals surface area (Å²) < 4.78 is 26.2. The summed E-state index contributed by atoms with van der Waals surface area (Å²) in [6.07, 6.45) is 1.84. The number of benzene rings is 1. The van der Waals surface area contributed by atoms with E-state index in [-0.39, 0.29) is 18.1 Å². The highest BCUT2D eigenvalue weighted by Crippen LogP contribution is 2.56. The molecule has 1 fully saturated rings. The van der Waals surface area contributed by atoms with E-state index in [4.69, 9.17) is 0 Å². The van der Waals surface area contributed by atoms with Crippen molar-refractivity contribution in [2.45, 2.75) is 18.9 Å². The fourth-order valence-corrected chi connectivity index (χ4v) is 2.56. The maximum Gasteiger partial charge on any atom is 0.159 e. The summed E-state index contributed by atoms with van der Waals surface area (Å²) >= 11 is 0. The zero-order valence-corrected chi connectivity index (χ0v) is 10.1. The molecule has 0 aliphatic heterocycles. The van der Waals surface area contributed by atoms with E-state index in [1.54, 1.807) is 6.07 Å². The molecule has 1 saturated carbocycles. The molecule has 0 saturated heterocycles. The molecule has 1 aliphatic carbocycles. The minimum Gasteiger partial charge on any atom is -0.396 e. The van der Waals surface area contributed by atoms with E-state index in [9.17, 15) is 13.9 Å². The first-order chi connectivity index (χ1) is 8.00. The quantitative estimate of drug-likeness (QED) is 0.874. The minimum atomic E-state index is -0.833. The van der Waals surface area contributed by atoms with Gasteiger partial charge >= 0.3 is 0 Å². The van der Waals surface area contributed by atoms with Crippen LogP contribution in [-0.4, -0.2) is 30.7 Å². The summed E-state index contributed by atoms with van der Waals surface area (Å²) in [5.41, 5.74) is 0.536. The molecule has 0 amide bonds. The third-order valence-corrected chi connectivity index (χ3v) is 3.56. The van der Waals surface area contributed by atoms with Crippen LogP contribution in [0.2, 0.25) is 0 Å². The van der Waals surface area contributed by atoms with Crippen molar-refractivity contribution in [2.24, 2.45) is 5.41 Å². The van der Waals surface area contributed by atoms with Crippen LogP contribution in [0.1, 0.15) is 24.4 Å². The molecule has 4 heteroatoms. The number of hydrogen-bond acceptors (Lipinski definition) is 2. The van der Waals surface area contributed by atoms with Gasteiger partial charge in [0.15, 0.2) is 11.6 Å². The molecule has 2 rings (SSSR count). The van der Waals surface area contributed by atoms with Crippen LogP contribution in [0, 0.1) is 17.0 Å². The minimum absolute atomic E-state index is 0.0670. The van der Waals surface area contributed by atoms with E-state index >= 15 is 0 Å². The Kier molecular flexibility index (Phi) is 3.19. The average Bonchev–Trinajstić information content (AvgIpc) is 3.04. The fourth-order valence-electron chi connectivity index (χ4n) is 2.56. The van der Waals surface area contributed by atoms with E-state index in [1.807, 2.05) is 19.0 Å². The number of aliphatic hydroxyl groups is 1. The molecule has 0 heterocycles. The summed E-state index contributed by atoms with van der Waals surface area (Å²) in [5.74, 6) is -1.66. The molecule has 0 radical (unpaired) electrons. The lowest BCUT2D eigenvalue weighted by Crippen LogP contribution is -2.31. The average molecular weight is 241 g/mol. The summed E-state index contributed by atoms with van der Waals surface area (Å²) in [6.45, 7) is 0.0782. The third kappa shape index (κ3) is 2.19. The molecule has 17 heavy (non-hydrogen) atoms. The van der Waals surface area contributed by atoms with E-state index < -0.39 is 11.6 Å². The number of halogens is 2. The highest BCUT2D eigenvalue weighted by Gasteiger charge is 2.50. The van der Waals surface area contributed by atoms with Crippen LogP contribution >= 0.6 is 0 Å². The highest BCUT2D eigenvalue weighted by atomic mass is 19.2. The second kappa shape index (κ2) is 4.35. The zero-order chi connectivity index (χ0) is 12.6. The first-order valence-corrected chi connectivity index (χ1v) is 5.72. The lowest BCUT2D eigenvalue weighted by atomic mass is 9.89. The Labute approximate surface area is 99.9 Å². The molecular weight excluding hydrogens is 224 g/mol. The van der Waals surface area contributed by atoms with Crippen molar-refractivity contribution < 1.29 is 13.9 Å². The topological polar surface area (TPSA) is 23.5 Å². The number of rotatable bonds is 4. The maximum atomic E-state index is 13.3. The second-order valence-corrected chi connectivity index (χ2v) is 5.06. The predicted octanol–water partition coefficient (Wildman–Crippen LogP) is 2.34. The molecule has 1 aromatic carbocycles. The van der Waals surface area contributed by atoms with Crippen LogP contribution in [0.4, 0.5) is 8.78 Å². The smallest absolute Gasteiger partial charge is 0.159 e. The Morgan fingerprint density at radius 2 is 1.94 bits per heavy atom. The summed E-state index contributed by atoms with van der Waals surface area (Å²) in [5, 5.41) is 9.47. The van der Waals surface area contributed by atoms with Crippen molar-refractivity contribution in [3.05, 3.63) is 35.4 Å². The Bertz CT molecular complexity index is 416. The monoisotopic (exact) mass is 241 g/mol. The van der Waals surface area contributed by atoms with Crippen molar-refractivity contribution >= 4 is 0 Å². The van der Waals surface area contributed by atoms with Crippen LogP contribution in [0.3, 0.4) is 0 Å². The van der Waals surface area contributed by atoms with Gasteiger partial charge in [-0.2, -0.15) is 0 Å². The molecule has 2 nitrogen and oxygen atoms in total. The second-order valence-electron chi connectivity index (χ2n) is 5.06. The highest BCUT2D eigenvalue weighted by molar-refractivity contribution is 5.25. The van der Waals surface area contributed by atoms with Gasteiger partial charge in [-0.3, -0.25) is 0 Å². The summed E-state index contributed by atoms with van der Waals surface area (Å²) in [7, 11) is 3.78. The molecule has 0 aromatic heterocycles. The van der Waals surface area contributed by atoms with Crippen molar-refractivity contribution in [2.75, 3.05) is 20.7 Å². The van der Waals surface area contributed by atoms with Crippen LogP contribution in [0.15, 0.2) is 18.2 Å². The summed E-state index contributed by atoms with van der Waals surface area (Å²) in [4.78, 5) is 1.95. The zero-order valence-electron chi connectivity index (χ0n) is 10.1. The van der Waals surface area contributed by atoms with Crippen LogP contribution < -0.4 is 0 Å². The van der Waals surface area contributed by atoms with Gasteiger partial charge in [-0.15, -0.1) is 0 Å². The van der Waals surface area contributed by atoms with Gasteiger partial charge in [0.2, 0.25) is 0 Å². The SMILES string of the molecule is CN(C)C(c1ccc(F)c(F)c1)C1(CO)CC1. The van der Waals surface area contributed by atoms with Gasteiger partial charge in [0.25, 0.3) is 0 Å². The first kappa shape index (κ1) is 12.5. The number of aliphatic hydroxyl groups excluding tert-OH is 1. The van der Waals surface area contributed by atoms with Gasteiger partial charge in [-0.25, -0.2) is 8.78 Å². The van der Waals surface area contributed by atoms with Crippen molar-refractivity contribution in [3.8, 4) is 0 Å². The van der Waals surface area contributed by atoms with E-state index in [0.29, 0.717) is 0 Å². The Balaban J connectivity index is 2.36. The maximum absolute atomic E-state index is 13.3. The summed E-state index contributed by atoms with van der Waals surface area (Å²) in [6, 6.07) is 3.91.